The van der Waals surface area contributed by atoms with E-state index in [0.717, 1.165) is 11.3 Å². The Morgan fingerprint density at radius 2 is 2.00 bits per heavy atom. The van der Waals surface area contributed by atoms with Crippen LogP contribution in [0.4, 0.5) is 9.18 Å². The molecule has 1 amide bonds. The summed E-state index contributed by atoms with van der Waals surface area (Å²) >= 11 is 1.25. The molecule has 10 heteroatoms. The van der Waals surface area contributed by atoms with Gasteiger partial charge in [-0.1, -0.05) is 12.1 Å². The van der Waals surface area contributed by atoms with E-state index in [0.29, 0.717) is 18.0 Å². The number of rotatable bonds is 4. The monoisotopic (exact) mass is 472 g/mol. The largest absolute Gasteiger partial charge is 0.476 e. The van der Waals surface area contributed by atoms with Gasteiger partial charge in [0.25, 0.3) is 0 Å². The molecule has 0 bridgehead atoms. The summed E-state index contributed by atoms with van der Waals surface area (Å²) in [6.07, 6.45) is 1.64. The first-order valence-electron chi connectivity index (χ1n) is 10.5. The molecule has 0 radical (unpaired) electrons. The maximum atomic E-state index is 13.7. The predicted octanol–water partition coefficient (Wildman–Crippen LogP) is 4.41. The minimum Gasteiger partial charge on any atom is -0.476 e. The number of carbonyl (C=O) groups excluding carboxylic acids is 1. The Morgan fingerprint density at radius 1 is 1.27 bits per heavy atom. The van der Waals surface area contributed by atoms with Crippen LogP contribution in [0.3, 0.4) is 0 Å². The molecular formula is C23H25FN4O4S. The van der Waals surface area contributed by atoms with Crippen LogP contribution in [0.2, 0.25) is 0 Å². The zero-order valence-corrected chi connectivity index (χ0v) is 19.4. The molecule has 33 heavy (non-hydrogen) atoms. The number of hydrogen-bond acceptors (Lipinski definition) is 6. The molecule has 3 aromatic rings. The van der Waals surface area contributed by atoms with Crippen molar-refractivity contribution in [2.24, 2.45) is 0 Å². The van der Waals surface area contributed by atoms with Crippen LogP contribution < -0.4 is 0 Å². The average molecular weight is 473 g/mol. The summed E-state index contributed by atoms with van der Waals surface area (Å²) in [7, 11) is 0. The van der Waals surface area contributed by atoms with E-state index in [1.165, 1.54) is 28.8 Å². The molecular weight excluding hydrogens is 447 g/mol. The lowest BCUT2D eigenvalue weighted by molar-refractivity contribution is 0.0148. The lowest BCUT2D eigenvalue weighted by Gasteiger charge is -2.46. The number of hydrogen-bond donors (Lipinski definition) is 2. The summed E-state index contributed by atoms with van der Waals surface area (Å²) in [5, 5.41) is 18.7. The van der Waals surface area contributed by atoms with Crippen molar-refractivity contribution >= 4 is 23.4 Å². The summed E-state index contributed by atoms with van der Waals surface area (Å²) in [6, 6.07) is 7.97. The fourth-order valence-corrected chi connectivity index (χ4v) is 5.40. The van der Waals surface area contributed by atoms with E-state index < -0.39 is 23.1 Å². The maximum absolute atomic E-state index is 13.7. The summed E-state index contributed by atoms with van der Waals surface area (Å²) in [6.45, 7) is 6.08. The Balaban J connectivity index is 1.83. The van der Waals surface area contributed by atoms with Crippen molar-refractivity contribution in [1.82, 2.24) is 20.1 Å². The molecule has 2 N–H and O–H groups in total. The van der Waals surface area contributed by atoms with E-state index in [9.17, 15) is 19.1 Å². The highest BCUT2D eigenvalue weighted by atomic mass is 32.1. The van der Waals surface area contributed by atoms with Crippen LogP contribution in [0.15, 0.2) is 41.9 Å². The molecule has 2 atom stereocenters. The fourth-order valence-electron chi connectivity index (χ4n) is 4.31. The number of carbonyl (C=O) groups is 2. The van der Waals surface area contributed by atoms with Gasteiger partial charge in [-0.25, -0.2) is 19.0 Å². The van der Waals surface area contributed by atoms with Crippen molar-refractivity contribution < 1.29 is 23.8 Å². The number of likely N-dealkylation sites (tertiary alicyclic amines) is 1. The zero-order valence-electron chi connectivity index (χ0n) is 18.5. The highest BCUT2D eigenvalue weighted by Gasteiger charge is 2.51. The van der Waals surface area contributed by atoms with Gasteiger partial charge in [0.15, 0.2) is 5.69 Å². The molecule has 2 unspecified atom stereocenters. The van der Waals surface area contributed by atoms with Crippen LogP contribution in [0.25, 0.3) is 0 Å². The van der Waals surface area contributed by atoms with Crippen molar-refractivity contribution in [1.29, 1.82) is 0 Å². The molecule has 0 aliphatic carbocycles. The molecule has 8 nitrogen and oxygen atoms in total. The number of carboxylic acids is 1. The molecule has 2 aromatic heterocycles. The SMILES string of the molecule is CC(C)(C)OC(=O)N1CCC(c2ccn[nH]2)(c2nc(C(=O)O)cs2)C(c2ccc(F)cc2)C1. The van der Waals surface area contributed by atoms with Crippen LogP contribution in [-0.2, 0) is 10.2 Å². The smallest absolute Gasteiger partial charge is 0.410 e. The van der Waals surface area contributed by atoms with Crippen molar-refractivity contribution in [2.75, 3.05) is 13.1 Å². The van der Waals surface area contributed by atoms with E-state index in [4.69, 9.17) is 4.74 Å². The van der Waals surface area contributed by atoms with Gasteiger partial charge in [-0.2, -0.15) is 5.10 Å². The van der Waals surface area contributed by atoms with E-state index in [-0.39, 0.29) is 24.0 Å². The minimum absolute atomic E-state index is 0.0404. The third-order valence-electron chi connectivity index (χ3n) is 5.78. The molecule has 0 saturated carbocycles. The Bertz CT molecular complexity index is 1140. The molecule has 1 fully saturated rings. The van der Waals surface area contributed by atoms with Gasteiger partial charge in [-0.15, -0.1) is 11.3 Å². The van der Waals surface area contributed by atoms with Gasteiger partial charge < -0.3 is 14.7 Å². The number of aromatic amines is 1. The molecule has 4 rings (SSSR count). The number of ether oxygens (including phenoxy) is 1. The number of nitrogens with zero attached hydrogens (tertiary/aromatic N) is 3. The van der Waals surface area contributed by atoms with Crippen LogP contribution in [0.1, 0.15) is 59.9 Å². The fraction of sp³-hybridized carbons (Fsp3) is 0.391. The quantitative estimate of drug-likeness (QED) is 0.582. The van der Waals surface area contributed by atoms with Gasteiger partial charge >= 0.3 is 12.1 Å². The number of aromatic carboxylic acids is 1. The number of aromatic nitrogens is 3. The van der Waals surface area contributed by atoms with Crippen molar-refractivity contribution in [2.45, 2.75) is 44.1 Å². The molecule has 1 saturated heterocycles. The van der Waals surface area contributed by atoms with E-state index in [2.05, 4.69) is 15.2 Å². The van der Waals surface area contributed by atoms with E-state index >= 15 is 0 Å². The summed E-state index contributed by atoms with van der Waals surface area (Å²) in [4.78, 5) is 30.6. The Labute approximate surface area is 194 Å². The van der Waals surface area contributed by atoms with Gasteiger partial charge in [0, 0.05) is 36.3 Å². The highest BCUT2D eigenvalue weighted by Crippen LogP contribution is 2.50. The summed E-state index contributed by atoms with van der Waals surface area (Å²) in [5.41, 5.74) is 0.0803. The second-order valence-electron chi connectivity index (χ2n) is 9.07. The van der Waals surface area contributed by atoms with Crippen LogP contribution >= 0.6 is 11.3 Å². The number of piperidine rings is 1. The second-order valence-corrected chi connectivity index (χ2v) is 9.92. The zero-order chi connectivity index (χ0) is 23.8. The number of H-pyrrole nitrogens is 1. The number of benzene rings is 1. The van der Waals surface area contributed by atoms with Gasteiger partial charge in [-0.3, -0.25) is 5.10 Å². The van der Waals surface area contributed by atoms with Gasteiger partial charge in [0.2, 0.25) is 0 Å². The lowest BCUT2D eigenvalue weighted by Crippen LogP contribution is -2.52. The minimum atomic E-state index is -1.11. The first kappa shape index (κ1) is 22.9. The number of amides is 1. The predicted molar refractivity (Wildman–Crippen MR) is 120 cm³/mol. The average Bonchev–Trinajstić information content (AvgIpc) is 3.45. The number of carboxylic acid groups (broad SMARTS) is 1. The van der Waals surface area contributed by atoms with Crippen molar-refractivity contribution in [3.8, 4) is 0 Å². The summed E-state index contributed by atoms with van der Waals surface area (Å²) < 4.78 is 19.3. The molecule has 174 valence electrons. The molecule has 0 spiro atoms. The Hall–Kier alpha value is -3.27. The maximum Gasteiger partial charge on any atom is 0.410 e. The molecule has 1 aromatic carbocycles. The Morgan fingerprint density at radius 3 is 2.58 bits per heavy atom. The lowest BCUT2D eigenvalue weighted by atomic mass is 9.65. The van der Waals surface area contributed by atoms with E-state index in [1.54, 1.807) is 23.2 Å². The van der Waals surface area contributed by atoms with Gasteiger partial charge in [0.05, 0.1) is 5.41 Å². The normalized spacial score (nSPS) is 21.1. The first-order chi connectivity index (χ1) is 15.6. The molecule has 1 aliphatic rings. The molecule has 3 heterocycles. The third kappa shape index (κ3) is 4.47. The first-order valence-corrected chi connectivity index (χ1v) is 11.4. The van der Waals surface area contributed by atoms with E-state index in [1.807, 2.05) is 26.8 Å². The number of nitrogens with one attached hydrogen (secondary N) is 1. The molecule has 1 aliphatic heterocycles. The van der Waals surface area contributed by atoms with Gasteiger partial charge in [-0.05, 0) is 51.0 Å². The number of halogens is 1. The third-order valence-corrected chi connectivity index (χ3v) is 6.80. The van der Waals surface area contributed by atoms with Gasteiger partial charge in [0.1, 0.15) is 16.4 Å². The Kier molecular flexibility index (Phi) is 5.96. The van der Waals surface area contributed by atoms with Crippen LogP contribution in [-0.4, -0.2) is 55.9 Å². The standard InChI is InChI=1S/C23H25FN4O4S/c1-22(2,3)32-21(31)28-11-9-23(18-8-10-25-27-18,20-26-17(13-33-20)19(29)30)16(12-28)14-4-6-15(24)7-5-14/h4-8,10,13,16H,9,11-12H2,1-3H3,(H,25,27)(H,29,30). The topological polar surface area (TPSA) is 108 Å². The van der Waals surface area contributed by atoms with Crippen LogP contribution in [0, 0.1) is 5.82 Å². The second kappa shape index (κ2) is 8.58. The number of thiazole rings is 1. The summed E-state index contributed by atoms with van der Waals surface area (Å²) in [5.74, 6) is -1.83. The highest BCUT2D eigenvalue weighted by molar-refractivity contribution is 7.10. The van der Waals surface area contributed by atoms with Crippen LogP contribution in [0.5, 0.6) is 0 Å². The van der Waals surface area contributed by atoms with Crippen molar-refractivity contribution in [3.05, 3.63) is 69.7 Å². The van der Waals surface area contributed by atoms with Crippen molar-refractivity contribution in [3.63, 3.8) is 0 Å².